The van der Waals surface area contributed by atoms with Gasteiger partial charge in [0, 0.05) is 5.92 Å². The van der Waals surface area contributed by atoms with Crippen molar-refractivity contribution >= 4 is 22.6 Å². The van der Waals surface area contributed by atoms with E-state index < -0.39 is 0 Å². The predicted octanol–water partition coefficient (Wildman–Crippen LogP) is 4.27. The molecule has 68 valence electrons. The molecular weight excluding hydrogens is 271 g/mol. The normalized spacial score (nSPS) is 22.5. The van der Waals surface area contributed by atoms with E-state index in [1.807, 2.05) is 0 Å². The van der Waals surface area contributed by atoms with E-state index in [9.17, 15) is 0 Å². The van der Waals surface area contributed by atoms with E-state index in [1.54, 1.807) is 9.15 Å². The van der Waals surface area contributed by atoms with Gasteiger partial charge in [0.25, 0.3) is 0 Å². The monoisotopic (exact) mass is 284 g/mol. The molecule has 0 bridgehead atoms. The molecule has 0 aromatic heterocycles. The Morgan fingerprint density at radius 2 is 1.92 bits per heavy atom. The molecule has 1 atom stereocenters. The lowest BCUT2D eigenvalue weighted by Crippen LogP contribution is -1.94. The van der Waals surface area contributed by atoms with Crippen LogP contribution in [0.1, 0.15) is 31.2 Å². The second-order valence-electron chi connectivity index (χ2n) is 3.59. The van der Waals surface area contributed by atoms with Crippen molar-refractivity contribution in [1.82, 2.24) is 0 Å². The molecule has 1 aliphatic carbocycles. The van der Waals surface area contributed by atoms with Crippen molar-refractivity contribution in [3.05, 3.63) is 45.0 Å². The molecule has 0 unspecified atom stereocenters. The van der Waals surface area contributed by atoms with Crippen LogP contribution in [0.25, 0.3) is 0 Å². The Labute approximate surface area is 93.2 Å². The maximum absolute atomic E-state index is 2.48. The molecule has 0 N–H and O–H groups in total. The molecule has 1 aliphatic rings. The van der Waals surface area contributed by atoms with Gasteiger partial charge in [-0.25, -0.2) is 0 Å². The Bertz CT molecular complexity index is 324. The van der Waals surface area contributed by atoms with E-state index in [0.29, 0.717) is 5.92 Å². The summed E-state index contributed by atoms with van der Waals surface area (Å²) >= 11 is 2.48. The minimum atomic E-state index is 0.688. The fourth-order valence-electron chi connectivity index (χ4n) is 1.98. The molecule has 2 rings (SSSR count). The highest BCUT2D eigenvalue weighted by molar-refractivity contribution is 14.1. The fraction of sp³-hybridized carbons (Fsp3) is 0.333. The van der Waals surface area contributed by atoms with Crippen LogP contribution in [0, 0.1) is 0 Å². The lowest BCUT2D eigenvalue weighted by molar-refractivity contribution is 0.771. The van der Waals surface area contributed by atoms with Gasteiger partial charge in [-0.05, 0) is 51.5 Å². The first-order valence-electron chi connectivity index (χ1n) is 4.69. The maximum atomic E-state index is 2.48. The molecule has 0 heterocycles. The molecule has 0 fully saturated rings. The van der Waals surface area contributed by atoms with Crippen molar-refractivity contribution in [1.29, 1.82) is 0 Å². The van der Waals surface area contributed by atoms with Gasteiger partial charge >= 0.3 is 0 Å². The molecule has 1 aromatic carbocycles. The topological polar surface area (TPSA) is 0 Å². The predicted molar refractivity (Wildman–Crippen MR) is 65.1 cm³/mol. The van der Waals surface area contributed by atoms with E-state index in [4.69, 9.17) is 0 Å². The minimum Gasteiger partial charge on any atom is -0.0622 e. The lowest BCUT2D eigenvalue weighted by Gasteiger charge is -2.11. The molecule has 0 saturated heterocycles. The summed E-state index contributed by atoms with van der Waals surface area (Å²) in [5.74, 6) is 0.688. The maximum Gasteiger partial charge on any atom is 0.00590 e. The zero-order chi connectivity index (χ0) is 9.26. The molecule has 0 aliphatic heterocycles. The van der Waals surface area contributed by atoms with Gasteiger partial charge in [-0.2, -0.15) is 0 Å². The standard InChI is InChI=1S/C12H13I/c1-9-11(7-8-12(9)13)10-5-3-2-4-6-10/h2-6,11H,7-8H2,1H3/t11-/m1/s1. The van der Waals surface area contributed by atoms with Gasteiger partial charge in [0.2, 0.25) is 0 Å². The molecule has 0 nitrogen and oxygen atoms in total. The van der Waals surface area contributed by atoms with Gasteiger partial charge < -0.3 is 0 Å². The Kier molecular flexibility index (Phi) is 2.72. The third kappa shape index (κ3) is 1.80. The van der Waals surface area contributed by atoms with E-state index in [2.05, 4.69) is 59.8 Å². The Hall–Kier alpha value is -0.310. The summed E-state index contributed by atoms with van der Waals surface area (Å²) in [6.45, 7) is 2.27. The number of halogens is 1. The third-order valence-corrected chi connectivity index (χ3v) is 4.20. The van der Waals surface area contributed by atoms with Crippen molar-refractivity contribution in [3.8, 4) is 0 Å². The number of hydrogen-bond acceptors (Lipinski definition) is 0. The van der Waals surface area contributed by atoms with E-state index >= 15 is 0 Å². The van der Waals surface area contributed by atoms with Crippen LogP contribution in [0.4, 0.5) is 0 Å². The quantitative estimate of drug-likeness (QED) is 0.675. The van der Waals surface area contributed by atoms with Crippen LogP contribution in [0.2, 0.25) is 0 Å². The van der Waals surface area contributed by atoms with Crippen LogP contribution in [0.15, 0.2) is 39.5 Å². The molecule has 1 aromatic rings. The highest BCUT2D eigenvalue weighted by atomic mass is 127. The van der Waals surface area contributed by atoms with Crippen LogP contribution < -0.4 is 0 Å². The summed E-state index contributed by atoms with van der Waals surface area (Å²) in [6.07, 6.45) is 2.57. The smallest absolute Gasteiger partial charge is 0.00590 e. The summed E-state index contributed by atoms with van der Waals surface area (Å²) in [5.41, 5.74) is 3.05. The number of allylic oxidation sites excluding steroid dienone is 2. The second-order valence-corrected chi connectivity index (χ2v) is 4.89. The summed E-state index contributed by atoms with van der Waals surface area (Å²) in [4.78, 5) is 0. The summed E-state index contributed by atoms with van der Waals surface area (Å²) in [6, 6.07) is 10.8. The molecular formula is C12H13I. The average Bonchev–Trinajstić information content (AvgIpc) is 2.49. The second kappa shape index (κ2) is 3.82. The van der Waals surface area contributed by atoms with E-state index in [1.165, 1.54) is 18.4 Å². The molecule has 1 heteroatoms. The highest BCUT2D eigenvalue weighted by Crippen LogP contribution is 2.41. The van der Waals surface area contributed by atoms with Crippen LogP contribution in [-0.4, -0.2) is 0 Å². The minimum absolute atomic E-state index is 0.688. The zero-order valence-electron chi connectivity index (χ0n) is 7.76. The summed E-state index contributed by atoms with van der Waals surface area (Å²) in [7, 11) is 0. The Morgan fingerprint density at radius 1 is 1.23 bits per heavy atom. The number of hydrogen-bond donors (Lipinski definition) is 0. The number of rotatable bonds is 1. The third-order valence-electron chi connectivity index (χ3n) is 2.81. The largest absolute Gasteiger partial charge is 0.0622 e. The van der Waals surface area contributed by atoms with Gasteiger partial charge in [-0.1, -0.05) is 35.9 Å². The Balaban J connectivity index is 2.30. The molecule has 0 spiro atoms. The first kappa shape index (κ1) is 9.25. The molecule has 0 radical (unpaired) electrons. The summed E-state index contributed by atoms with van der Waals surface area (Å²) < 4.78 is 1.56. The van der Waals surface area contributed by atoms with Gasteiger partial charge in [0.1, 0.15) is 0 Å². The van der Waals surface area contributed by atoms with Crippen LogP contribution >= 0.6 is 22.6 Å². The highest BCUT2D eigenvalue weighted by Gasteiger charge is 2.21. The summed E-state index contributed by atoms with van der Waals surface area (Å²) in [5, 5.41) is 0. The SMILES string of the molecule is CC1=C(I)CC[C@H]1c1ccccc1. The first-order valence-corrected chi connectivity index (χ1v) is 5.77. The van der Waals surface area contributed by atoms with Gasteiger partial charge in [0.05, 0.1) is 0 Å². The zero-order valence-corrected chi connectivity index (χ0v) is 9.91. The van der Waals surface area contributed by atoms with Crippen molar-refractivity contribution < 1.29 is 0 Å². The van der Waals surface area contributed by atoms with Crippen molar-refractivity contribution in [2.24, 2.45) is 0 Å². The Morgan fingerprint density at radius 3 is 2.46 bits per heavy atom. The van der Waals surface area contributed by atoms with Gasteiger partial charge in [-0.3, -0.25) is 0 Å². The van der Waals surface area contributed by atoms with Crippen LogP contribution in [0.3, 0.4) is 0 Å². The van der Waals surface area contributed by atoms with Crippen LogP contribution in [-0.2, 0) is 0 Å². The van der Waals surface area contributed by atoms with Crippen molar-refractivity contribution in [2.45, 2.75) is 25.7 Å². The van der Waals surface area contributed by atoms with Crippen molar-refractivity contribution in [3.63, 3.8) is 0 Å². The van der Waals surface area contributed by atoms with Gasteiger partial charge in [0.15, 0.2) is 0 Å². The van der Waals surface area contributed by atoms with E-state index in [0.717, 1.165) is 0 Å². The molecule has 13 heavy (non-hydrogen) atoms. The number of benzene rings is 1. The van der Waals surface area contributed by atoms with Crippen LogP contribution in [0.5, 0.6) is 0 Å². The van der Waals surface area contributed by atoms with Crippen molar-refractivity contribution in [2.75, 3.05) is 0 Å². The lowest BCUT2D eigenvalue weighted by atomic mass is 9.94. The van der Waals surface area contributed by atoms with E-state index in [-0.39, 0.29) is 0 Å². The fourth-order valence-corrected chi connectivity index (χ4v) is 2.66. The molecule has 0 amide bonds. The average molecular weight is 284 g/mol. The molecule has 0 saturated carbocycles. The first-order chi connectivity index (χ1) is 6.29. The van der Waals surface area contributed by atoms with Gasteiger partial charge in [-0.15, -0.1) is 0 Å².